The van der Waals surface area contributed by atoms with Gasteiger partial charge in [-0.05, 0) is 24.7 Å². The highest BCUT2D eigenvalue weighted by Gasteiger charge is 2.39. The smallest absolute Gasteiger partial charge is 0.321 e. The van der Waals surface area contributed by atoms with Gasteiger partial charge >= 0.3 is 6.03 Å². The first kappa shape index (κ1) is 15.0. The minimum absolute atomic E-state index is 0.262. The van der Waals surface area contributed by atoms with E-state index in [0.29, 0.717) is 18.4 Å². The van der Waals surface area contributed by atoms with Crippen LogP contribution in [0.25, 0.3) is 0 Å². The zero-order valence-corrected chi connectivity index (χ0v) is 11.8. The molecule has 3 unspecified atom stereocenters. The summed E-state index contributed by atoms with van der Waals surface area (Å²) in [4.78, 5) is 25.3. The summed E-state index contributed by atoms with van der Waals surface area (Å²) in [6.45, 7) is 5.90. The molecule has 1 aliphatic carbocycles. The number of fused-ring (bicyclic) bond motifs is 1. The highest BCUT2D eigenvalue weighted by Crippen LogP contribution is 2.35. The fraction of sp³-hybridized carbons (Fsp3) is 0.714. The van der Waals surface area contributed by atoms with E-state index in [4.69, 9.17) is 5.73 Å². The van der Waals surface area contributed by atoms with Crippen molar-refractivity contribution in [2.45, 2.75) is 25.3 Å². The van der Waals surface area contributed by atoms with Gasteiger partial charge in [0.05, 0.1) is 6.54 Å². The van der Waals surface area contributed by atoms with E-state index < -0.39 is 6.03 Å². The van der Waals surface area contributed by atoms with Crippen LogP contribution in [-0.4, -0.2) is 49.1 Å². The summed E-state index contributed by atoms with van der Waals surface area (Å²) in [6, 6.07) is -0.207. The Labute approximate surface area is 119 Å². The third-order valence-electron chi connectivity index (χ3n) is 4.26. The Bertz CT molecular complexity index is 385. The predicted octanol–water partition coefficient (Wildman–Crippen LogP) is 0.0574. The number of hydrogen-bond donors (Lipinski definition) is 3. The molecule has 20 heavy (non-hydrogen) atoms. The molecule has 1 heterocycles. The fourth-order valence-corrected chi connectivity index (χ4v) is 3.32. The molecule has 0 aromatic rings. The normalized spacial score (nSPS) is 29.6. The molecule has 1 saturated heterocycles. The van der Waals surface area contributed by atoms with Crippen molar-refractivity contribution in [2.24, 2.45) is 17.6 Å². The van der Waals surface area contributed by atoms with Crippen LogP contribution < -0.4 is 16.4 Å². The lowest BCUT2D eigenvalue weighted by atomic mass is 9.78. The number of rotatable bonds is 4. The average molecular weight is 280 g/mol. The number of urea groups is 1. The van der Waals surface area contributed by atoms with Gasteiger partial charge in [-0.2, -0.15) is 0 Å². The molecule has 6 heteroatoms. The van der Waals surface area contributed by atoms with E-state index in [1.807, 2.05) is 0 Å². The summed E-state index contributed by atoms with van der Waals surface area (Å²) in [7, 11) is 0. The van der Waals surface area contributed by atoms with E-state index in [-0.39, 0.29) is 18.5 Å². The van der Waals surface area contributed by atoms with Crippen molar-refractivity contribution in [3.05, 3.63) is 12.7 Å². The molecule has 6 nitrogen and oxygen atoms in total. The maximum Gasteiger partial charge on any atom is 0.321 e. The molecule has 2 fully saturated rings. The van der Waals surface area contributed by atoms with Crippen LogP contribution >= 0.6 is 0 Å². The van der Waals surface area contributed by atoms with Crippen molar-refractivity contribution in [1.29, 1.82) is 0 Å². The standard InChI is InChI=1S/C14H24N4O2/c1-2-6-16-14(20)17-13(19)9-18-7-10-4-3-5-12(15)11(10)8-18/h2,10-12H,1,3-9,15H2,(H2,16,17,19,20). The minimum atomic E-state index is -0.469. The first-order valence-corrected chi connectivity index (χ1v) is 7.26. The van der Waals surface area contributed by atoms with E-state index in [2.05, 4.69) is 22.1 Å². The molecule has 0 spiro atoms. The molecule has 4 N–H and O–H groups in total. The average Bonchev–Trinajstić information content (AvgIpc) is 2.80. The number of carbonyl (C=O) groups is 2. The first-order valence-electron chi connectivity index (χ1n) is 7.26. The number of amides is 3. The summed E-state index contributed by atoms with van der Waals surface area (Å²) >= 11 is 0. The monoisotopic (exact) mass is 280 g/mol. The number of hydrogen-bond acceptors (Lipinski definition) is 4. The Kier molecular flexibility index (Phi) is 5.14. The number of nitrogens with one attached hydrogen (secondary N) is 2. The number of imide groups is 1. The van der Waals surface area contributed by atoms with E-state index in [1.165, 1.54) is 12.8 Å². The van der Waals surface area contributed by atoms with Gasteiger partial charge in [0.15, 0.2) is 0 Å². The number of carbonyl (C=O) groups excluding carboxylic acids is 2. The molecule has 3 amide bonds. The quantitative estimate of drug-likeness (QED) is 0.635. The van der Waals surface area contributed by atoms with Gasteiger partial charge in [0, 0.05) is 25.7 Å². The lowest BCUT2D eigenvalue weighted by molar-refractivity contribution is -0.121. The molecule has 2 rings (SSSR count). The molecule has 0 aromatic heterocycles. The lowest BCUT2D eigenvalue weighted by Crippen LogP contribution is -2.44. The van der Waals surface area contributed by atoms with Crippen molar-refractivity contribution < 1.29 is 9.59 Å². The summed E-state index contributed by atoms with van der Waals surface area (Å²) in [6.07, 6.45) is 5.05. The lowest BCUT2D eigenvalue weighted by Gasteiger charge is -2.29. The second-order valence-corrected chi connectivity index (χ2v) is 5.76. The summed E-state index contributed by atoms with van der Waals surface area (Å²) in [5.41, 5.74) is 6.15. The number of nitrogens with two attached hydrogens (primary N) is 1. The Morgan fingerprint density at radius 3 is 2.85 bits per heavy atom. The van der Waals surface area contributed by atoms with E-state index >= 15 is 0 Å². The van der Waals surface area contributed by atoms with Gasteiger partial charge in [0.2, 0.25) is 5.91 Å². The van der Waals surface area contributed by atoms with Gasteiger partial charge in [-0.15, -0.1) is 6.58 Å². The van der Waals surface area contributed by atoms with Crippen molar-refractivity contribution in [1.82, 2.24) is 15.5 Å². The summed E-state index contributed by atoms with van der Waals surface area (Å²) < 4.78 is 0. The van der Waals surface area contributed by atoms with E-state index in [1.54, 1.807) is 6.08 Å². The van der Waals surface area contributed by atoms with Crippen LogP contribution in [0.15, 0.2) is 12.7 Å². The predicted molar refractivity (Wildman–Crippen MR) is 77.0 cm³/mol. The third kappa shape index (κ3) is 3.80. The zero-order valence-electron chi connectivity index (χ0n) is 11.8. The van der Waals surface area contributed by atoms with Crippen LogP contribution in [0.5, 0.6) is 0 Å². The zero-order chi connectivity index (χ0) is 14.5. The van der Waals surface area contributed by atoms with Gasteiger partial charge in [-0.25, -0.2) is 4.79 Å². The second-order valence-electron chi connectivity index (χ2n) is 5.76. The molecule has 0 radical (unpaired) electrons. The maximum atomic E-state index is 11.8. The molecule has 0 aromatic carbocycles. The highest BCUT2D eigenvalue weighted by atomic mass is 16.2. The Hall–Kier alpha value is -1.40. The Morgan fingerprint density at radius 2 is 2.15 bits per heavy atom. The van der Waals surface area contributed by atoms with Gasteiger partial charge in [0.25, 0.3) is 0 Å². The van der Waals surface area contributed by atoms with Gasteiger partial charge in [-0.1, -0.05) is 12.5 Å². The molecule has 2 aliphatic rings. The van der Waals surface area contributed by atoms with Crippen LogP contribution in [0, 0.1) is 11.8 Å². The number of likely N-dealkylation sites (tertiary alicyclic amines) is 1. The molecule has 3 atom stereocenters. The molecule has 0 bridgehead atoms. The van der Waals surface area contributed by atoms with E-state index in [9.17, 15) is 9.59 Å². The largest absolute Gasteiger partial charge is 0.334 e. The minimum Gasteiger partial charge on any atom is -0.334 e. The summed E-state index contributed by atoms with van der Waals surface area (Å²) in [5.74, 6) is 0.853. The maximum absolute atomic E-state index is 11.8. The van der Waals surface area contributed by atoms with Crippen LogP contribution in [0.4, 0.5) is 4.79 Å². The van der Waals surface area contributed by atoms with Gasteiger partial charge < -0.3 is 11.1 Å². The highest BCUT2D eigenvalue weighted by molar-refractivity contribution is 5.95. The Morgan fingerprint density at radius 1 is 1.35 bits per heavy atom. The SMILES string of the molecule is C=CCNC(=O)NC(=O)CN1CC2CCCC(N)C2C1. The van der Waals surface area contributed by atoms with Crippen LogP contribution in [-0.2, 0) is 4.79 Å². The third-order valence-corrected chi connectivity index (χ3v) is 4.26. The molecule has 112 valence electrons. The topological polar surface area (TPSA) is 87.5 Å². The van der Waals surface area contributed by atoms with E-state index in [0.717, 1.165) is 19.5 Å². The molecule has 1 aliphatic heterocycles. The molecular formula is C14H24N4O2. The Balaban J connectivity index is 1.75. The van der Waals surface area contributed by atoms with Crippen molar-refractivity contribution >= 4 is 11.9 Å². The van der Waals surface area contributed by atoms with Gasteiger partial charge in [0.1, 0.15) is 0 Å². The summed E-state index contributed by atoms with van der Waals surface area (Å²) in [5, 5.41) is 4.84. The van der Waals surface area contributed by atoms with Crippen molar-refractivity contribution in [2.75, 3.05) is 26.2 Å². The van der Waals surface area contributed by atoms with Crippen molar-refractivity contribution in [3.8, 4) is 0 Å². The molecule has 1 saturated carbocycles. The first-order chi connectivity index (χ1) is 9.60. The van der Waals surface area contributed by atoms with Crippen LogP contribution in [0.2, 0.25) is 0 Å². The fourth-order valence-electron chi connectivity index (χ4n) is 3.32. The number of nitrogens with zero attached hydrogens (tertiary/aromatic N) is 1. The molecular weight excluding hydrogens is 256 g/mol. The van der Waals surface area contributed by atoms with Crippen LogP contribution in [0.3, 0.4) is 0 Å². The van der Waals surface area contributed by atoms with Crippen molar-refractivity contribution in [3.63, 3.8) is 0 Å². The second kappa shape index (κ2) is 6.85. The van der Waals surface area contributed by atoms with Gasteiger partial charge in [-0.3, -0.25) is 15.0 Å². The van der Waals surface area contributed by atoms with Crippen LogP contribution in [0.1, 0.15) is 19.3 Å².